The molecule has 6 heteroatoms. The van der Waals surface area contributed by atoms with Crippen LogP contribution >= 0.6 is 0 Å². The lowest BCUT2D eigenvalue weighted by Crippen LogP contribution is -2.45. The summed E-state index contributed by atoms with van der Waals surface area (Å²) < 4.78 is 17.4. The summed E-state index contributed by atoms with van der Waals surface area (Å²) in [5.74, 6) is 0.480. The molecule has 0 radical (unpaired) electrons. The number of methoxy groups -OCH3 is 1. The number of amides is 1. The number of nitrogens with zero attached hydrogens (tertiary/aromatic N) is 1. The highest BCUT2D eigenvalue weighted by atomic mass is 16.6. The van der Waals surface area contributed by atoms with Crippen molar-refractivity contribution in [3.8, 4) is 5.75 Å². The van der Waals surface area contributed by atoms with Crippen LogP contribution in [0.25, 0.3) is 10.8 Å². The second kappa shape index (κ2) is 11.9. The summed E-state index contributed by atoms with van der Waals surface area (Å²) in [4.78, 5) is 27.8. The number of hydrogen-bond donors (Lipinski definition) is 0. The fraction of sp³-hybridized carbons (Fsp3) is 0.333. The van der Waals surface area contributed by atoms with Crippen molar-refractivity contribution in [3.63, 3.8) is 0 Å². The Balaban J connectivity index is 1.50. The molecule has 3 atom stereocenters. The number of ether oxygens (including phenoxy) is 3. The van der Waals surface area contributed by atoms with E-state index >= 15 is 0 Å². The van der Waals surface area contributed by atoms with Gasteiger partial charge in [-0.2, -0.15) is 0 Å². The zero-order valence-corrected chi connectivity index (χ0v) is 25.2. The van der Waals surface area contributed by atoms with Crippen LogP contribution in [0.4, 0.5) is 4.79 Å². The molecule has 0 saturated heterocycles. The van der Waals surface area contributed by atoms with Crippen molar-refractivity contribution in [3.05, 3.63) is 113 Å². The highest BCUT2D eigenvalue weighted by Crippen LogP contribution is 2.42. The van der Waals surface area contributed by atoms with Crippen LogP contribution in [-0.2, 0) is 9.47 Å². The number of fused-ring (bicyclic) bond motifs is 2. The first-order chi connectivity index (χ1) is 20.1. The van der Waals surface area contributed by atoms with Gasteiger partial charge in [0.2, 0.25) is 0 Å². The van der Waals surface area contributed by atoms with Crippen molar-refractivity contribution in [2.75, 3.05) is 13.7 Å². The van der Waals surface area contributed by atoms with E-state index in [0.717, 1.165) is 38.8 Å². The molecule has 0 bridgehead atoms. The van der Waals surface area contributed by atoms with E-state index < -0.39 is 5.60 Å². The zero-order chi connectivity index (χ0) is 30.0. The number of carbonyl (C=O) groups excluding carboxylic acids is 2. The minimum atomic E-state index is -0.644. The van der Waals surface area contributed by atoms with Gasteiger partial charge in [-0.1, -0.05) is 72.8 Å². The molecule has 4 aromatic rings. The van der Waals surface area contributed by atoms with Crippen LogP contribution in [-0.4, -0.2) is 42.3 Å². The third-order valence-corrected chi connectivity index (χ3v) is 7.91. The van der Waals surface area contributed by atoms with E-state index in [4.69, 9.17) is 14.2 Å². The highest BCUT2D eigenvalue weighted by Gasteiger charge is 2.35. The van der Waals surface area contributed by atoms with Gasteiger partial charge in [0, 0.05) is 11.5 Å². The van der Waals surface area contributed by atoms with Crippen molar-refractivity contribution in [1.82, 2.24) is 4.90 Å². The Hall–Kier alpha value is -4.32. The Morgan fingerprint density at radius 2 is 1.69 bits per heavy atom. The van der Waals surface area contributed by atoms with Gasteiger partial charge < -0.3 is 14.2 Å². The molecule has 1 aliphatic heterocycles. The maximum Gasteiger partial charge on any atom is 0.410 e. The van der Waals surface area contributed by atoms with Crippen LogP contribution in [0.3, 0.4) is 0 Å². The Morgan fingerprint density at radius 1 is 0.976 bits per heavy atom. The van der Waals surface area contributed by atoms with Gasteiger partial charge in [-0.05, 0) is 80.6 Å². The Labute approximate surface area is 248 Å². The quantitative estimate of drug-likeness (QED) is 0.220. The number of esters is 1. The van der Waals surface area contributed by atoms with E-state index in [1.807, 2.05) is 76.2 Å². The summed E-state index contributed by atoms with van der Waals surface area (Å²) in [6.07, 6.45) is 0.00548. The molecule has 42 heavy (non-hydrogen) atoms. The van der Waals surface area contributed by atoms with Crippen LogP contribution in [0.5, 0.6) is 5.75 Å². The summed E-state index contributed by atoms with van der Waals surface area (Å²) in [5, 5.41) is 2.23. The molecule has 0 aliphatic carbocycles. The van der Waals surface area contributed by atoms with Gasteiger partial charge in [-0.3, -0.25) is 4.90 Å². The van der Waals surface area contributed by atoms with E-state index in [1.54, 1.807) is 4.90 Å². The number of benzene rings is 4. The van der Waals surface area contributed by atoms with Crippen LogP contribution < -0.4 is 4.74 Å². The Kier molecular flexibility index (Phi) is 8.26. The highest BCUT2D eigenvalue weighted by molar-refractivity contribution is 5.91. The third-order valence-electron chi connectivity index (χ3n) is 7.91. The zero-order valence-electron chi connectivity index (χ0n) is 25.2. The molecule has 0 N–H and O–H groups in total. The standard InChI is InChI=1S/C36H39NO5/c1-23-20-26(18-19-28(23)34(38)40-6)32-21-27(41-33-17-10-9-15-31(32)33)22-37(35(39)42-36(3,4)5)24(2)29-16-11-13-25-12-7-8-14-30(25)29/h7-20,24,27,32H,21-22H2,1-6H3/t24-,27-,32?/m1/s1. The molecule has 1 amide bonds. The van der Waals surface area contributed by atoms with Crippen LogP contribution in [0.1, 0.15) is 78.7 Å². The molecular weight excluding hydrogens is 526 g/mol. The molecule has 1 aliphatic rings. The van der Waals surface area contributed by atoms with Gasteiger partial charge in [-0.15, -0.1) is 0 Å². The van der Waals surface area contributed by atoms with E-state index in [9.17, 15) is 9.59 Å². The second-order valence-electron chi connectivity index (χ2n) is 12.0. The van der Waals surface area contributed by atoms with Gasteiger partial charge in [0.15, 0.2) is 0 Å². The summed E-state index contributed by atoms with van der Waals surface area (Å²) in [5.41, 5.74) is 4.00. The summed E-state index contributed by atoms with van der Waals surface area (Å²) >= 11 is 0. The van der Waals surface area contributed by atoms with Gasteiger partial charge in [0.05, 0.1) is 25.3 Å². The molecule has 5 rings (SSSR count). The van der Waals surface area contributed by atoms with Crippen molar-refractivity contribution in [2.45, 2.75) is 64.7 Å². The molecule has 0 aromatic heterocycles. The van der Waals surface area contributed by atoms with Crippen molar-refractivity contribution in [2.24, 2.45) is 0 Å². The van der Waals surface area contributed by atoms with Crippen LogP contribution in [0.2, 0.25) is 0 Å². The van der Waals surface area contributed by atoms with E-state index in [0.29, 0.717) is 18.5 Å². The molecule has 1 unspecified atom stereocenters. The molecule has 0 saturated carbocycles. The topological polar surface area (TPSA) is 65.1 Å². The first-order valence-electron chi connectivity index (χ1n) is 14.5. The lowest BCUT2D eigenvalue weighted by atomic mass is 9.83. The normalized spacial score (nSPS) is 17.1. The predicted molar refractivity (Wildman–Crippen MR) is 165 cm³/mol. The van der Waals surface area contributed by atoms with Gasteiger partial charge in [-0.25, -0.2) is 9.59 Å². The summed E-state index contributed by atoms with van der Waals surface area (Å²) in [6, 6.07) is 28.1. The molecule has 218 valence electrons. The van der Waals surface area contributed by atoms with Crippen molar-refractivity contribution < 1.29 is 23.8 Å². The second-order valence-corrected chi connectivity index (χ2v) is 12.0. The van der Waals surface area contributed by atoms with Crippen molar-refractivity contribution in [1.29, 1.82) is 0 Å². The fourth-order valence-electron chi connectivity index (χ4n) is 5.88. The van der Waals surface area contributed by atoms with Gasteiger partial charge >= 0.3 is 12.1 Å². The molecule has 0 fully saturated rings. The summed E-state index contributed by atoms with van der Waals surface area (Å²) in [7, 11) is 1.39. The fourth-order valence-corrected chi connectivity index (χ4v) is 5.88. The Morgan fingerprint density at radius 3 is 2.43 bits per heavy atom. The smallest absolute Gasteiger partial charge is 0.410 e. The number of aryl methyl sites for hydroxylation is 1. The minimum Gasteiger partial charge on any atom is -0.488 e. The van der Waals surface area contributed by atoms with E-state index in [-0.39, 0.29) is 30.1 Å². The van der Waals surface area contributed by atoms with Crippen LogP contribution in [0, 0.1) is 6.92 Å². The van der Waals surface area contributed by atoms with Crippen LogP contribution in [0.15, 0.2) is 84.9 Å². The van der Waals surface area contributed by atoms with Gasteiger partial charge in [0.1, 0.15) is 17.5 Å². The average Bonchev–Trinajstić information content (AvgIpc) is 2.97. The first-order valence-corrected chi connectivity index (χ1v) is 14.5. The maximum absolute atomic E-state index is 13.8. The Bertz CT molecular complexity index is 1600. The molecule has 4 aromatic carbocycles. The molecular formula is C36H39NO5. The molecule has 6 nitrogen and oxygen atoms in total. The number of para-hydroxylation sites is 1. The van der Waals surface area contributed by atoms with Crippen molar-refractivity contribution >= 4 is 22.8 Å². The predicted octanol–water partition coefficient (Wildman–Crippen LogP) is 8.22. The SMILES string of the molecule is COC(=O)c1ccc(C2C[C@H](CN(C(=O)OC(C)(C)C)[C@H](C)c3cccc4ccccc34)Oc3ccccc32)cc1C. The molecule has 0 spiro atoms. The maximum atomic E-state index is 13.8. The summed E-state index contributed by atoms with van der Waals surface area (Å²) in [6.45, 7) is 9.98. The number of hydrogen-bond acceptors (Lipinski definition) is 5. The average molecular weight is 566 g/mol. The first kappa shape index (κ1) is 29.2. The lowest BCUT2D eigenvalue weighted by Gasteiger charge is -2.38. The van der Waals surface area contributed by atoms with Gasteiger partial charge in [0.25, 0.3) is 0 Å². The number of carbonyl (C=O) groups is 2. The number of rotatable bonds is 6. The monoisotopic (exact) mass is 565 g/mol. The largest absolute Gasteiger partial charge is 0.488 e. The third kappa shape index (κ3) is 6.13. The lowest BCUT2D eigenvalue weighted by molar-refractivity contribution is 0.00570. The minimum absolute atomic E-state index is 0.0266. The molecule has 1 heterocycles. The van der Waals surface area contributed by atoms with E-state index in [1.165, 1.54) is 7.11 Å². The van der Waals surface area contributed by atoms with E-state index in [2.05, 4.69) is 43.3 Å².